The number of carbonyl (C=O) groups is 1. The molecule has 3 rings (SSSR count). The molecule has 5 nitrogen and oxygen atoms in total. The van der Waals surface area contributed by atoms with Crippen LogP contribution in [0.15, 0.2) is 88.2 Å². The quantitative estimate of drug-likeness (QED) is 0.534. The van der Waals surface area contributed by atoms with Crippen molar-refractivity contribution in [1.29, 1.82) is 0 Å². The van der Waals surface area contributed by atoms with E-state index in [0.717, 1.165) is 20.8 Å². The SMILES string of the molecule is CCc1ccccc1NC(=O)CN(c1ccc(Br)cc1)S(=O)(=O)c1ccccc1. The van der Waals surface area contributed by atoms with Gasteiger partial charge in [-0.05, 0) is 54.4 Å². The van der Waals surface area contributed by atoms with Gasteiger partial charge in [0.05, 0.1) is 10.6 Å². The maximum absolute atomic E-state index is 13.3. The number of sulfonamides is 1. The van der Waals surface area contributed by atoms with Crippen molar-refractivity contribution >= 4 is 43.2 Å². The highest BCUT2D eigenvalue weighted by atomic mass is 79.9. The van der Waals surface area contributed by atoms with Crippen LogP contribution in [0.1, 0.15) is 12.5 Å². The lowest BCUT2D eigenvalue weighted by atomic mass is 10.1. The third-order valence-electron chi connectivity index (χ3n) is 4.41. The van der Waals surface area contributed by atoms with Gasteiger partial charge in [0.15, 0.2) is 0 Å². The lowest BCUT2D eigenvalue weighted by Gasteiger charge is -2.24. The molecule has 3 aromatic carbocycles. The first kappa shape index (κ1) is 21.1. The van der Waals surface area contributed by atoms with Crippen LogP contribution in [0, 0.1) is 0 Å². The van der Waals surface area contributed by atoms with E-state index in [9.17, 15) is 13.2 Å². The number of hydrogen-bond donors (Lipinski definition) is 1. The molecule has 150 valence electrons. The number of anilines is 2. The highest BCUT2D eigenvalue weighted by Gasteiger charge is 2.27. The number of nitrogens with zero attached hydrogens (tertiary/aromatic N) is 1. The van der Waals surface area contributed by atoms with E-state index in [1.165, 1.54) is 12.1 Å². The van der Waals surface area contributed by atoms with Gasteiger partial charge in [0.2, 0.25) is 5.91 Å². The lowest BCUT2D eigenvalue weighted by Crippen LogP contribution is -2.38. The van der Waals surface area contributed by atoms with Gasteiger partial charge in [-0.3, -0.25) is 9.10 Å². The van der Waals surface area contributed by atoms with Gasteiger partial charge in [-0.25, -0.2) is 8.42 Å². The van der Waals surface area contributed by atoms with Crippen molar-refractivity contribution in [3.05, 3.63) is 88.9 Å². The summed E-state index contributed by atoms with van der Waals surface area (Å²) in [6.07, 6.45) is 0.759. The summed E-state index contributed by atoms with van der Waals surface area (Å²) in [5.41, 5.74) is 2.09. The molecule has 0 aliphatic carbocycles. The Morgan fingerprint density at radius 3 is 2.21 bits per heavy atom. The standard InChI is InChI=1S/C22H21BrN2O3S/c1-2-17-8-6-7-11-21(17)24-22(26)16-25(19-14-12-18(23)13-15-19)29(27,28)20-9-4-3-5-10-20/h3-15H,2,16H2,1H3,(H,24,26). The van der Waals surface area contributed by atoms with E-state index in [1.54, 1.807) is 42.5 Å². The predicted octanol–water partition coefficient (Wildman–Crippen LogP) is 4.85. The number of hydrogen-bond acceptors (Lipinski definition) is 3. The summed E-state index contributed by atoms with van der Waals surface area (Å²) >= 11 is 3.35. The first-order valence-electron chi connectivity index (χ1n) is 9.13. The molecule has 0 atom stereocenters. The van der Waals surface area contributed by atoms with Gasteiger partial charge >= 0.3 is 0 Å². The molecule has 0 aliphatic rings. The Kier molecular flexibility index (Phi) is 6.71. The van der Waals surface area contributed by atoms with Gasteiger partial charge in [0.25, 0.3) is 10.0 Å². The zero-order valence-corrected chi connectivity index (χ0v) is 18.3. The first-order valence-corrected chi connectivity index (χ1v) is 11.4. The van der Waals surface area contributed by atoms with E-state index in [1.807, 2.05) is 31.2 Å². The molecule has 0 aliphatic heterocycles. The molecule has 0 saturated carbocycles. The van der Waals surface area contributed by atoms with Crippen LogP contribution in [0.25, 0.3) is 0 Å². The summed E-state index contributed by atoms with van der Waals surface area (Å²) in [5.74, 6) is -0.409. The minimum Gasteiger partial charge on any atom is -0.324 e. The van der Waals surface area contributed by atoms with Gasteiger partial charge in [-0.1, -0.05) is 59.3 Å². The highest BCUT2D eigenvalue weighted by molar-refractivity contribution is 9.10. The molecule has 1 amide bonds. The molecular formula is C22H21BrN2O3S. The monoisotopic (exact) mass is 472 g/mol. The molecule has 1 N–H and O–H groups in total. The molecular weight excluding hydrogens is 452 g/mol. The third kappa shape index (κ3) is 5.05. The fourth-order valence-corrected chi connectivity index (χ4v) is 4.62. The summed E-state index contributed by atoms with van der Waals surface area (Å²) in [6, 6.07) is 22.4. The molecule has 0 radical (unpaired) electrons. The second-order valence-electron chi connectivity index (χ2n) is 6.36. The number of benzene rings is 3. The number of halogens is 1. The minimum atomic E-state index is -3.91. The first-order chi connectivity index (χ1) is 13.9. The van der Waals surface area contributed by atoms with E-state index in [4.69, 9.17) is 0 Å². The van der Waals surface area contributed by atoms with E-state index in [-0.39, 0.29) is 11.4 Å². The molecule has 0 saturated heterocycles. The highest BCUT2D eigenvalue weighted by Crippen LogP contribution is 2.25. The van der Waals surface area contributed by atoms with Gasteiger partial charge in [0, 0.05) is 10.2 Å². The smallest absolute Gasteiger partial charge is 0.264 e. The molecule has 0 aromatic heterocycles. The predicted molar refractivity (Wildman–Crippen MR) is 120 cm³/mol. The summed E-state index contributed by atoms with van der Waals surface area (Å²) in [6.45, 7) is 1.66. The van der Waals surface area contributed by atoms with Crippen LogP contribution in [0.2, 0.25) is 0 Å². The Balaban J connectivity index is 1.93. The van der Waals surface area contributed by atoms with Crippen molar-refractivity contribution in [2.24, 2.45) is 0 Å². The van der Waals surface area contributed by atoms with Crippen molar-refractivity contribution in [3.63, 3.8) is 0 Å². The normalized spacial score (nSPS) is 11.1. The average molecular weight is 473 g/mol. The van der Waals surface area contributed by atoms with Crippen molar-refractivity contribution < 1.29 is 13.2 Å². The van der Waals surface area contributed by atoms with Crippen LogP contribution in [-0.2, 0) is 21.2 Å². The van der Waals surface area contributed by atoms with E-state index in [2.05, 4.69) is 21.2 Å². The van der Waals surface area contributed by atoms with Crippen molar-refractivity contribution in [1.82, 2.24) is 0 Å². The van der Waals surface area contributed by atoms with Crippen LogP contribution in [0.4, 0.5) is 11.4 Å². The summed E-state index contributed by atoms with van der Waals surface area (Å²) in [5, 5.41) is 2.84. The number of rotatable bonds is 7. The molecule has 0 unspecified atom stereocenters. The van der Waals surface area contributed by atoms with Crippen LogP contribution in [0.5, 0.6) is 0 Å². The maximum Gasteiger partial charge on any atom is 0.264 e. The van der Waals surface area contributed by atoms with Gasteiger partial charge in [-0.15, -0.1) is 0 Å². The minimum absolute atomic E-state index is 0.129. The summed E-state index contributed by atoms with van der Waals surface area (Å²) in [4.78, 5) is 12.9. The van der Waals surface area contributed by atoms with Crippen molar-refractivity contribution in [3.8, 4) is 0 Å². The second-order valence-corrected chi connectivity index (χ2v) is 9.14. The largest absolute Gasteiger partial charge is 0.324 e. The Labute approximate surface area is 179 Å². The van der Waals surface area contributed by atoms with Crippen LogP contribution < -0.4 is 9.62 Å². The average Bonchev–Trinajstić information content (AvgIpc) is 2.74. The topological polar surface area (TPSA) is 66.5 Å². The molecule has 0 heterocycles. The second kappa shape index (κ2) is 9.24. The van der Waals surface area contributed by atoms with Crippen LogP contribution in [0.3, 0.4) is 0 Å². The molecule has 7 heteroatoms. The van der Waals surface area contributed by atoms with Gasteiger partial charge < -0.3 is 5.32 Å². The van der Waals surface area contributed by atoms with Gasteiger partial charge in [0.1, 0.15) is 6.54 Å². The molecule has 3 aromatic rings. The van der Waals surface area contributed by atoms with E-state index in [0.29, 0.717) is 11.4 Å². The Bertz CT molecular complexity index is 1080. The summed E-state index contributed by atoms with van der Waals surface area (Å²) < 4.78 is 28.5. The molecule has 0 spiro atoms. The van der Waals surface area contributed by atoms with Crippen molar-refractivity contribution in [2.75, 3.05) is 16.2 Å². The lowest BCUT2D eigenvalue weighted by molar-refractivity contribution is -0.114. The van der Waals surface area contributed by atoms with Crippen LogP contribution >= 0.6 is 15.9 Å². The number of amides is 1. The maximum atomic E-state index is 13.3. The number of para-hydroxylation sites is 1. The van der Waals surface area contributed by atoms with Crippen molar-refractivity contribution in [2.45, 2.75) is 18.2 Å². The molecule has 0 bridgehead atoms. The fourth-order valence-electron chi connectivity index (χ4n) is 2.91. The third-order valence-corrected chi connectivity index (χ3v) is 6.72. The van der Waals surface area contributed by atoms with E-state index < -0.39 is 15.9 Å². The Morgan fingerprint density at radius 2 is 1.55 bits per heavy atom. The Morgan fingerprint density at radius 1 is 0.931 bits per heavy atom. The Hall–Kier alpha value is -2.64. The summed E-state index contributed by atoms with van der Waals surface area (Å²) in [7, 11) is -3.91. The zero-order chi connectivity index (χ0) is 20.9. The van der Waals surface area contributed by atoms with E-state index >= 15 is 0 Å². The fraction of sp³-hybridized carbons (Fsp3) is 0.136. The zero-order valence-electron chi connectivity index (χ0n) is 15.9. The van der Waals surface area contributed by atoms with Gasteiger partial charge in [-0.2, -0.15) is 0 Å². The number of aryl methyl sites for hydroxylation is 1. The number of carbonyl (C=O) groups excluding carboxylic acids is 1. The molecule has 29 heavy (non-hydrogen) atoms. The van der Waals surface area contributed by atoms with Crippen LogP contribution in [-0.4, -0.2) is 20.9 Å². The number of nitrogens with one attached hydrogen (secondary N) is 1. The molecule has 0 fully saturated rings.